The first-order chi connectivity index (χ1) is 18.2. The zero-order valence-corrected chi connectivity index (χ0v) is 25.4. The highest BCUT2D eigenvalue weighted by atomic mass is 127. The molecule has 1 aromatic rings. The summed E-state index contributed by atoms with van der Waals surface area (Å²) in [7, 11) is 0. The van der Waals surface area contributed by atoms with Gasteiger partial charge >= 0.3 is 29.8 Å². The van der Waals surface area contributed by atoms with Gasteiger partial charge in [-0.3, -0.25) is 38.7 Å². The molecule has 1 aromatic carbocycles. The fourth-order valence-electron chi connectivity index (χ4n) is 3.86. The van der Waals surface area contributed by atoms with Gasteiger partial charge in [0.05, 0.1) is 46.5 Å². The van der Waals surface area contributed by atoms with Gasteiger partial charge in [0.2, 0.25) is 0 Å². The molecule has 0 heterocycles. The number of carbonyl (C=O) groups is 5. The van der Waals surface area contributed by atoms with Gasteiger partial charge < -0.3 is 30.3 Å². The zero-order chi connectivity index (χ0) is 29.7. The molecule has 0 bridgehead atoms. The van der Waals surface area contributed by atoms with Crippen molar-refractivity contribution in [2.75, 3.05) is 59.0 Å². The van der Waals surface area contributed by atoms with Crippen LogP contribution in [0.15, 0.2) is 12.1 Å². The second-order valence-corrected chi connectivity index (χ2v) is 10.8. The molecule has 14 nitrogen and oxygen atoms in total. The molecule has 0 amide bonds. The molecule has 0 radical (unpaired) electrons. The minimum absolute atomic E-state index is 0.0598. The average Bonchev–Trinajstić information content (AvgIpc) is 2.77. The normalized spacial score (nSPS) is 12.1. The summed E-state index contributed by atoms with van der Waals surface area (Å²) in [4.78, 5) is 60.8. The van der Waals surface area contributed by atoms with Crippen molar-refractivity contribution in [3.8, 4) is 5.75 Å². The molecule has 0 saturated heterocycles. The first kappa shape index (κ1) is 34.7. The van der Waals surface area contributed by atoms with E-state index in [1.54, 1.807) is 0 Å². The Balaban J connectivity index is 3.35. The summed E-state index contributed by atoms with van der Waals surface area (Å²) in [6.45, 7) is -0.863. The Morgan fingerprint density at radius 1 is 0.744 bits per heavy atom. The molecule has 1 atom stereocenters. The second kappa shape index (κ2) is 17.4. The van der Waals surface area contributed by atoms with E-state index in [0.717, 1.165) is 17.6 Å². The number of hydrogen-bond donors (Lipinski definition) is 5. The molecule has 0 fully saturated rings. The fourth-order valence-corrected chi connectivity index (χ4v) is 6.07. The lowest BCUT2D eigenvalue weighted by atomic mass is 10.0. The van der Waals surface area contributed by atoms with E-state index in [4.69, 9.17) is 14.9 Å². The van der Waals surface area contributed by atoms with Crippen molar-refractivity contribution < 1.29 is 54.2 Å². The van der Waals surface area contributed by atoms with Crippen LogP contribution in [0.4, 0.5) is 0 Å². The molecule has 1 unspecified atom stereocenters. The lowest BCUT2D eigenvalue weighted by Crippen LogP contribution is -2.51. The van der Waals surface area contributed by atoms with Crippen LogP contribution in [0, 0.1) is 7.14 Å². The van der Waals surface area contributed by atoms with Crippen molar-refractivity contribution in [3.05, 3.63) is 24.8 Å². The topological polar surface area (TPSA) is 205 Å². The Bertz CT molecular complexity index is 986. The number of aliphatic carboxylic acids is 5. The average molecular weight is 779 g/mol. The van der Waals surface area contributed by atoms with Crippen molar-refractivity contribution in [1.29, 1.82) is 0 Å². The number of carboxylic acid groups (broad SMARTS) is 5. The maximum absolute atomic E-state index is 11.6. The highest BCUT2D eigenvalue weighted by molar-refractivity contribution is 14.1. The number of carboxylic acids is 5. The van der Waals surface area contributed by atoms with E-state index in [1.807, 2.05) is 19.1 Å². The van der Waals surface area contributed by atoms with E-state index in [2.05, 4.69) is 45.2 Å². The van der Waals surface area contributed by atoms with Crippen LogP contribution in [0.3, 0.4) is 0 Å². The molecular formula is C23H31I2N3O11. The van der Waals surface area contributed by atoms with Crippen LogP contribution in [0.1, 0.15) is 12.5 Å². The Labute approximate surface area is 251 Å². The van der Waals surface area contributed by atoms with E-state index in [9.17, 15) is 39.3 Å². The Hall–Kier alpha value is -2.29. The van der Waals surface area contributed by atoms with Crippen LogP contribution in [-0.4, -0.2) is 135 Å². The van der Waals surface area contributed by atoms with E-state index >= 15 is 0 Å². The molecule has 0 aliphatic carbocycles. The van der Waals surface area contributed by atoms with Gasteiger partial charge in [0, 0.05) is 25.7 Å². The highest BCUT2D eigenvalue weighted by Crippen LogP contribution is 2.30. The molecule has 16 heteroatoms. The lowest BCUT2D eigenvalue weighted by molar-refractivity contribution is -0.144. The third kappa shape index (κ3) is 14.1. The molecular weight excluding hydrogens is 748 g/mol. The standard InChI is InChI=1S/C23H31I2N3O11/c1-2-39-23-16(24)6-14(7-17(23)25)5-15(28(12-21(35)36)13-22(37)38)8-26(9-18(29)30)3-4-27(10-19(31)32)11-20(33)34/h6-7,15H,2-5,8-13H2,1H3,(H,29,30)(H,31,32)(H,33,34)(H,35,36)(H,37,38). The van der Waals surface area contributed by atoms with Crippen molar-refractivity contribution in [3.63, 3.8) is 0 Å². The largest absolute Gasteiger partial charge is 0.492 e. The lowest BCUT2D eigenvalue weighted by Gasteiger charge is -2.34. The predicted molar refractivity (Wildman–Crippen MR) is 153 cm³/mol. The fraction of sp³-hybridized carbons (Fsp3) is 0.522. The number of hydrogen-bond acceptors (Lipinski definition) is 9. The van der Waals surface area contributed by atoms with E-state index in [1.165, 1.54) is 9.80 Å². The summed E-state index contributed by atoms with van der Waals surface area (Å²) >= 11 is 4.20. The zero-order valence-electron chi connectivity index (χ0n) is 21.1. The summed E-state index contributed by atoms with van der Waals surface area (Å²) in [6, 6.07) is 2.88. The highest BCUT2D eigenvalue weighted by Gasteiger charge is 2.28. The SMILES string of the molecule is CCOc1c(I)cc(CC(CN(CCN(CC(=O)O)CC(=O)O)CC(=O)O)N(CC(=O)O)CC(=O)O)cc1I. The van der Waals surface area contributed by atoms with E-state index in [0.29, 0.717) is 12.4 Å². The number of ether oxygens (including phenoxy) is 1. The van der Waals surface area contributed by atoms with Crippen LogP contribution >= 0.6 is 45.2 Å². The van der Waals surface area contributed by atoms with Gasteiger partial charge in [-0.25, -0.2) is 0 Å². The van der Waals surface area contributed by atoms with Crippen molar-refractivity contribution in [2.24, 2.45) is 0 Å². The summed E-state index contributed by atoms with van der Waals surface area (Å²) in [5.41, 5.74) is 0.742. The van der Waals surface area contributed by atoms with Gasteiger partial charge in [-0.1, -0.05) is 0 Å². The van der Waals surface area contributed by atoms with Gasteiger partial charge in [-0.05, 0) is 76.2 Å². The van der Waals surface area contributed by atoms with Crippen molar-refractivity contribution >= 4 is 75.0 Å². The van der Waals surface area contributed by atoms with Crippen molar-refractivity contribution in [1.82, 2.24) is 14.7 Å². The Kier molecular flexibility index (Phi) is 15.5. The minimum atomic E-state index is -1.27. The summed E-state index contributed by atoms with van der Waals surface area (Å²) in [5.74, 6) is -5.59. The predicted octanol–water partition coefficient (Wildman–Crippen LogP) is 0.535. The van der Waals surface area contributed by atoms with Crippen LogP contribution in [0.5, 0.6) is 5.75 Å². The van der Waals surface area contributed by atoms with Crippen molar-refractivity contribution in [2.45, 2.75) is 19.4 Å². The van der Waals surface area contributed by atoms with E-state index in [-0.39, 0.29) is 26.1 Å². The molecule has 0 spiro atoms. The minimum Gasteiger partial charge on any atom is -0.492 e. The molecule has 5 N–H and O–H groups in total. The summed E-state index contributed by atoms with van der Waals surface area (Å²) < 4.78 is 7.24. The maximum Gasteiger partial charge on any atom is 0.317 e. The van der Waals surface area contributed by atoms with Crippen LogP contribution in [0.25, 0.3) is 0 Å². The van der Waals surface area contributed by atoms with E-state index < -0.39 is 68.6 Å². The second-order valence-electron chi connectivity index (χ2n) is 8.50. The number of halogens is 2. The Morgan fingerprint density at radius 2 is 1.15 bits per heavy atom. The van der Waals surface area contributed by atoms with Gasteiger partial charge in [0.1, 0.15) is 5.75 Å². The van der Waals surface area contributed by atoms with Gasteiger partial charge in [-0.15, -0.1) is 0 Å². The monoisotopic (exact) mass is 779 g/mol. The quantitative estimate of drug-likeness (QED) is 0.115. The molecule has 0 saturated carbocycles. The molecule has 0 aliphatic rings. The molecule has 0 aliphatic heterocycles. The number of nitrogens with zero attached hydrogens (tertiary/aromatic N) is 3. The maximum atomic E-state index is 11.6. The summed E-state index contributed by atoms with van der Waals surface area (Å²) in [5, 5.41) is 46.5. The smallest absolute Gasteiger partial charge is 0.317 e. The first-order valence-electron chi connectivity index (χ1n) is 11.6. The number of rotatable bonds is 20. The van der Waals surface area contributed by atoms with Crippen LogP contribution in [0.2, 0.25) is 0 Å². The van der Waals surface area contributed by atoms with Gasteiger partial charge in [0.15, 0.2) is 0 Å². The first-order valence-corrected chi connectivity index (χ1v) is 13.8. The third-order valence-corrected chi connectivity index (χ3v) is 6.89. The molecule has 1 rings (SSSR count). The van der Waals surface area contributed by atoms with Gasteiger partial charge in [-0.2, -0.15) is 0 Å². The van der Waals surface area contributed by atoms with Crippen LogP contribution < -0.4 is 4.74 Å². The van der Waals surface area contributed by atoms with Gasteiger partial charge in [0.25, 0.3) is 0 Å². The van der Waals surface area contributed by atoms with Crippen LogP contribution in [-0.2, 0) is 30.4 Å². The number of benzene rings is 1. The third-order valence-electron chi connectivity index (χ3n) is 5.29. The molecule has 39 heavy (non-hydrogen) atoms. The summed E-state index contributed by atoms with van der Waals surface area (Å²) in [6.07, 6.45) is 0.170. The Morgan fingerprint density at radius 3 is 1.56 bits per heavy atom. The molecule has 0 aromatic heterocycles. The molecule has 218 valence electrons.